The molecule has 0 spiro atoms. The standard InChI is InChI=1S/C23H24F3NO5/c1-14(27)22(30,13-31-20(28)15-3-2-4-15)17-9-11-19(12-10-17)32-21(29)16-5-7-18(8-6-16)23(24,25)26/h5-12,14-15,30H,2-4,13,27H2,1H3. The molecule has 0 bridgehead atoms. The Kier molecular flexibility index (Phi) is 6.90. The van der Waals surface area contributed by atoms with Gasteiger partial charge in [-0.15, -0.1) is 0 Å². The maximum absolute atomic E-state index is 12.6. The highest BCUT2D eigenvalue weighted by atomic mass is 19.4. The monoisotopic (exact) mass is 451 g/mol. The molecule has 2 aromatic carbocycles. The second-order valence-electron chi connectivity index (χ2n) is 7.94. The van der Waals surface area contributed by atoms with E-state index in [9.17, 15) is 27.9 Å². The van der Waals surface area contributed by atoms with Gasteiger partial charge in [-0.3, -0.25) is 4.79 Å². The summed E-state index contributed by atoms with van der Waals surface area (Å²) in [6.45, 7) is 1.26. The predicted octanol–water partition coefficient (Wildman–Crippen LogP) is 3.80. The van der Waals surface area contributed by atoms with Crippen LogP contribution >= 0.6 is 0 Å². The zero-order chi connectivity index (χ0) is 23.5. The summed E-state index contributed by atoms with van der Waals surface area (Å²) < 4.78 is 48.4. The van der Waals surface area contributed by atoms with Gasteiger partial charge in [0.15, 0.2) is 0 Å². The topological polar surface area (TPSA) is 98.9 Å². The molecule has 2 unspecified atom stereocenters. The number of nitrogens with two attached hydrogens (primary N) is 1. The molecule has 0 aliphatic heterocycles. The van der Waals surface area contributed by atoms with Crippen molar-refractivity contribution in [3.8, 4) is 5.75 Å². The van der Waals surface area contributed by atoms with Crippen molar-refractivity contribution in [3.05, 3.63) is 65.2 Å². The number of ether oxygens (including phenoxy) is 2. The number of rotatable bonds is 7. The summed E-state index contributed by atoms with van der Waals surface area (Å²) in [7, 11) is 0. The number of esters is 2. The molecule has 1 aliphatic rings. The van der Waals surface area contributed by atoms with Gasteiger partial charge in [-0.1, -0.05) is 18.6 Å². The molecular weight excluding hydrogens is 427 g/mol. The van der Waals surface area contributed by atoms with Crippen LogP contribution in [0.3, 0.4) is 0 Å². The molecule has 1 fully saturated rings. The summed E-state index contributed by atoms with van der Waals surface area (Å²) in [5.74, 6) is -1.21. The third kappa shape index (κ3) is 5.28. The molecule has 1 saturated carbocycles. The van der Waals surface area contributed by atoms with Gasteiger partial charge in [0.05, 0.1) is 17.0 Å². The van der Waals surface area contributed by atoms with Crippen molar-refractivity contribution in [2.45, 2.75) is 44.0 Å². The first-order valence-electron chi connectivity index (χ1n) is 10.2. The third-order valence-corrected chi connectivity index (χ3v) is 5.64. The van der Waals surface area contributed by atoms with E-state index < -0.39 is 29.4 Å². The maximum Gasteiger partial charge on any atom is 0.416 e. The molecule has 6 nitrogen and oxygen atoms in total. The highest BCUT2D eigenvalue weighted by Crippen LogP contribution is 2.31. The van der Waals surface area contributed by atoms with E-state index in [-0.39, 0.29) is 29.8 Å². The molecule has 172 valence electrons. The number of alkyl halides is 3. The van der Waals surface area contributed by atoms with Gasteiger partial charge >= 0.3 is 18.1 Å². The van der Waals surface area contributed by atoms with Gasteiger partial charge in [0.2, 0.25) is 0 Å². The summed E-state index contributed by atoms with van der Waals surface area (Å²) in [4.78, 5) is 24.2. The minimum absolute atomic E-state index is 0.0444. The summed E-state index contributed by atoms with van der Waals surface area (Å²) in [6, 6.07) is 8.69. The minimum atomic E-state index is -4.50. The lowest BCUT2D eigenvalue weighted by Gasteiger charge is -2.33. The number of benzene rings is 2. The van der Waals surface area contributed by atoms with Crippen molar-refractivity contribution >= 4 is 11.9 Å². The summed E-state index contributed by atoms with van der Waals surface area (Å²) in [5.41, 5.74) is 3.75. The molecule has 0 aromatic heterocycles. The van der Waals surface area contributed by atoms with Gasteiger partial charge in [0, 0.05) is 6.04 Å². The number of hydrogen-bond acceptors (Lipinski definition) is 6. The SMILES string of the molecule is CC(N)C(O)(COC(=O)C1CCC1)c1ccc(OC(=O)c2ccc(C(F)(F)F)cc2)cc1. The first-order valence-corrected chi connectivity index (χ1v) is 10.2. The number of hydrogen-bond donors (Lipinski definition) is 2. The van der Waals surface area contributed by atoms with Crippen molar-refractivity contribution in [1.82, 2.24) is 0 Å². The van der Waals surface area contributed by atoms with E-state index in [1.807, 2.05) is 0 Å². The Morgan fingerprint density at radius 1 is 1.06 bits per heavy atom. The van der Waals surface area contributed by atoms with E-state index in [0.29, 0.717) is 5.56 Å². The maximum atomic E-state index is 12.6. The van der Waals surface area contributed by atoms with E-state index in [1.54, 1.807) is 6.92 Å². The normalized spacial score (nSPS) is 17.1. The van der Waals surface area contributed by atoms with Crippen LogP contribution < -0.4 is 10.5 Å². The second kappa shape index (κ2) is 9.30. The fourth-order valence-corrected chi connectivity index (χ4v) is 3.19. The van der Waals surface area contributed by atoms with E-state index >= 15 is 0 Å². The highest BCUT2D eigenvalue weighted by molar-refractivity contribution is 5.91. The second-order valence-corrected chi connectivity index (χ2v) is 7.94. The highest BCUT2D eigenvalue weighted by Gasteiger charge is 2.37. The van der Waals surface area contributed by atoms with Gasteiger partial charge in [0.1, 0.15) is 18.0 Å². The van der Waals surface area contributed by atoms with Gasteiger partial charge in [0.25, 0.3) is 0 Å². The van der Waals surface area contributed by atoms with Crippen LogP contribution in [0.2, 0.25) is 0 Å². The molecule has 0 radical (unpaired) electrons. The molecule has 2 atom stereocenters. The van der Waals surface area contributed by atoms with Crippen molar-refractivity contribution < 1.29 is 37.3 Å². The van der Waals surface area contributed by atoms with Gasteiger partial charge in [-0.2, -0.15) is 13.2 Å². The van der Waals surface area contributed by atoms with Crippen molar-refractivity contribution in [2.24, 2.45) is 11.7 Å². The van der Waals surface area contributed by atoms with Crippen LogP contribution in [0.5, 0.6) is 5.75 Å². The van der Waals surface area contributed by atoms with Crippen LogP contribution in [0.15, 0.2) is 48.5 Å². The van der Waals surface area contributed by atoms with Crippen LogP contribution in [0.4, 0.5) is 13.2 Å². The van der Waals surface area contributed by atoms with E-state index in [4.69, 9.17) is 15.2 Å². The summed E-state index contributed by atoms with van der Waals surface area (Å²) >= 11 is 0. The Morgan fingerprint density at radius 3 is 2.09 bits per heavy atom. The Labute approximate surface area is 183 Å². The molecule has 32 heavy (non-hydrogen) atoms. The molecular formula is C23H24F3NO5. The first kappa shape index (κ1) is 23.7. The Balaban J connectivity index is 1.66. The fraction of sp³-hybridized carbons (Fsp3) is 0.391. The summed E-state index contributed by atoms with van der Waals surface area (Å²) in [5, 5.41) is 11.0. The number of aliphatic hydroxyl groups is 1. The lowest BCUT2D eigenvalue weighted by molar-refractivity contribution is -0.161. The van der Waals surface area contributed by atoms with Crippen LogP contribution in [-0.2, 0) is 21.3 Å². The lowest BCUT2D eigenvalue weighted by Crippen LogP contribution is -2.48. The van der Waals surface area contributed by atoms with Crippen LogP contribution in [-0.4, -0.2) is 29.7 Å². The van der Waals surface area contributed by atoms with Crippen LogP contribution in [0, 0.1) is 5.92 Å². The largest absolute Gasteiger partial charge is 0.462 e. The Hall–Kier alpha value is -2.91. The molecule has 9 heteroatoms. The Morgan fingerprint density at radius 2 is 1.62 bits per heavy atom. The van der Waals surface area contributed by atoms with Crippen LogP contribution in [0.25, 0.3) is 0 Å². The smallest absolute Gasteiger partial charge is 0.416 e. The molecule has 1 aliphatic carbocycles. The van der Waals surface area contributed by atoms with E-state index in [1.165, 1.54) is 24.3 Å². The number of halogens is 3. The average Bonchev–Trinajstić information content (AvgIpc) is 2.70. The molecule has 2 aromatic rings. The van der Waals surface area contributed by atoms with Crippen molar-refractivity contribution in [2.75, 3.05) is 6.61 Å². The van der Waals surface area contributed by atoms with Gasteiger partial charge in [-0.05, 0) is 61.7 Å². The van der Waals surface area contributed by atoms with Crippen molar-refractivity contribution in [3.63, 3.8) is 0 Å². The van der Waals surface area contributed by atoms with Gasteiger partial charge < -0.3 is 20.3 Å². The van der Waals surface area contributed by atoms with Crippen LogP contribution in [0.1, 0.15) is 47.7 Å². The molecule has 0 saturated heterocycles. The molecule has 3 rings (SSSR count). The van der Waals surface area contributed by atoms with E-state index in [2.05, 4.69) is 0 Å². The van der Waals surface area contributed by atoms with Crippen molar-refractivity contribution in [1.29, 1.82) is 0 Å². The minimum Gasteiger partial charge on any atom is -0.462 e. The number of carbonyl (C=O) groups excluding carboxylic acids is 2. The zero-order valence-electron chi connectivity index (χ0n) is 17.4. The summed E-state index contributed by atoms with van der Waals surface area (Å²) in [6.07, 6.45) is -1.98. The lowest BCUT2D eigenvalue weighted by atomic mass is 9.85. The molecule has 3 N–H and O–H groups in total. The third-order valence-electron chi connectivity index (χ3n) is 5.64. The quantitative estimate of drug-likeness (QED) is 0.491. The predicted molar refractivity (Wildman–Crippen MR) is 109 cm³/mol. The average molecular weight is 451 g/mol. The zero-order valence-corrected chi connectivity index (χ0v) is 17.4. The first-order chi connectivity index (χ1) is 15.0. The number of carbonyl (C=O) groups is 2. The molecule has 0 amide bonds. The van der Waals surface area contributed by atoms with Gasteiger partial charge in [-0.25, -0.2) is 4.79 Å². The van der Waals surface area contributed by atoms with E-state index in [0.717, 1.165) is 43.5 Å². The fourth-order valence-electron chi connectivity index (χ4n) is 3.19. The molecule has 0 heterocycles. The Bertz CT molecular complexity index is 953.